The molecule has 0 aromatic heterocycles. The van der Waals surface area contributed by atoms with Gasteiger partial charge in [-0.2, -0.15) is 4.31 Å². The summed E-state index contributed by atoms with van der Waals surface area (Å²) >= 11 is 0. The van der Waals surface area contributed by atoms with Crippen molar-refractivity contribution < 1.29 is 17.9 Å². The maximum absolute atomic E-state index is 12.9. The Balaban J connectivity index is 1.27. The Bertz CT molecular complexity index is 1060. The number of amides is 1. The molecule has 2 aliphatic rings. The molecule has 1 amide bonds. The second-order valence-corrected chi connectivity index (χ2v) is 11.4. The summed E-state index contributed by atoms with van der Waals surface area (Å²) in [5, 5.41) is 0. The normalized spacial score (nSPS) is 17.7. The molecule has 2 fully saturated rings. The average molecular weight is 500 g/mol. The zero-order chi connectivity index (χ0) is 24.7. The molecule has 190 valence electrons. The van der Waals surface area contributed by atoms with Crippen LogP contribution in [0.25, 0.3) is 0 Å². The van der Waals surface area contributed by atoms with Crippen molar-refractivity contribution in [2.24, 2.45) is 0 Å². The zero-order valence-electron chi connectivity index (χ0n) is 20.7. The van der Waals surface area contributed by atoms with Gasteiger partial charge in [-0.15, -0.1) is 0 Å². The Hall–Kier alpha value is -2.42. The van der Waals surface area contributed by atoms with E-state index in [9.17, 15) is 13.2 Å². The number of nitrogens with zero attached hydrogens (tertiary/aromatic N) is 3. The van der Waals surface area contributed by atoms with Crippen LogP contribution in [0.15, 0.2) is 53.4 Å². The van der Waals surface area contributed by atoms with Gasteiger partial charge in [-0.25, -0.2) is 8.42 Å². The van der Waals surface area contributed by atoms with Gasteiger partial charge in [-0.1, -0.05) is 37.1 Å². The van der Waals surface area contributed by atoms with Crippen LogP contribution in [0.2, 0.25) is 0 Å². The molecule has 0 radical (unpaired) electrons. The monoisotopic (exact) mass is 499 g/mol. The highest BCUT2D eigenvalue weighted by atomic mass is 32.2. The van der Waals surface area contributed by atoms with Gasteiger partial charge < -0.3 is 14.5 Å². The number of benzene rings is 2. The molecule has 0 aliphatic carbocycles. The van der Waals surface area contributed by atoms with E-state index < -0.39 is 10.0 Å². The van der Waals surface area contributed by atoms with Gasteiger partial charge in [0.05, 0.1) is 18.1 Å². The van der Waals surface area contributed by atoms with E-state index in [1.807, 2.05) is 19.2 Å². The van der Waals surface area contributed by atoms with Crippen LogP contribution in [0.3, 0.4) is 0 Å². The predicted octanol–water partition coefficient (Wildman–Crippen LogP) is 3.68. The van der Waals surface area contributed by atoms with E-state index in [2.05, 4.69) is 29.2 Å². The summed E-state index contributed by atoms with van der Waals surface area (Å²) in [4.78, 5) is 17.1. The van der Waals surface area contributed by atoms with E-state index >= 15 is 0 Å². The summed E-state index contributed by atoms with van der Waals surface area (Å²) < 4.78 is 32.9. The fourth-order valence-electron chi connectivity index (χ4n) is 4.70. The molecule has 0 saturated carbocycles. The van der Waals surface area contributed by atoms with E-state index in [-0.39, 0.29) is 5.91 Å². The zero-order valence-corrected chi connectivity index (χ0v) is 21.5. The van der Waals surface area contributed by atoms with Gasteiger partial charge in [0.15, 0.2) is 0 Å². The Labute approximate surface area is 209 Å². The van der Waals surface area contributed by atoms with Gasteiger partial charge in [0.1, 0.15) is 0 Å². The topological polar surface area (TPSA) is 70.2 Å². The summed E-state index contributed by atoms with van der Waals surface area (Å²) in [5.74, 6) is 0.0727. The summed E-state index contributed by atoms with van der Waals surface area (Å²) in [7, 11) is -1.61. The lowest BCUT2D eigenvalue weighted by Gasteiger charge is -2.29. The number of hydrogen-bond donors (Lipinski definition) is 0. The van der Waals surface area contributed by atoms with Crippen LogP contribution >= 0.6 is 0 Å². The van der Waals surface area contributed by atoms with Crippen molar-refractivity contribution in [2.45, 2.75) is 50.0 Å². The number of sulfonamides is 1. The quantitative estimate of drug-likeness (QED) is 0.554. The maximum Gasteiger partial charge on any atom is 0.243 e. The number of rotatable bonds is 8. The van der Waals surface area contributed by atoms with Crippen LogP contribution < -0.4 is 4.90 Å². The maximum atomic E-state index is 12.9. The van der Waals surface area contributed by atoms with Crippen molar-refractivity contribution in [2.75, 3.05) is 51.3 Å². The molecule has 4 rings (SSSR count). The smallest absolute Gasteiger partial charge is 0.243 e. The van der Waals surface area contributed by atoms with Gasteiger partial charge in [0.2, 0.25) is 15.9 Å². The molecular formula is C27H37N3O4S. The number of hydrogen-bond acceptors (Lipinski definition) is 5. The largest absolute Gasteiger partial charge is 0.378 e. The third-order valence-corrected chi connectivity index (χ3v) is 8.82. The molecule has 8 heteroatoms. The van der Waals surface area contributed by atoms with E-state index in [4.69, 9.17) is 4.74 Å². The number of morpholine rings is 1. The van der Waals surface area contributed by atoms with E-state index in [0.717, 1.165) is 63.1 Å². The number of carbonyl (C=O) groups excluding carboxylic acids is 1. The molecule has 2 saturated heterocycles. The molecule has 2 heterocycles. The lowest BCUT2D eigenvalue weighted by molar-refractivity contribution is -0.130. The van der Waals surface area contributed by atoms with Crippen LogP contribution in [-0.2, 0) is 32.5 Å². The SMILES string of the molecule is CN(Cc1ccc(N2CCOCC2)cc1)C(=O)CCc1ccc(S(=O)(=O)N2CCCCCC2)cc1. The molecule has 0 bridgehead atoms. The van der Waals surface area contributed by atoms with E-state index in [1.54, 1.807) is 21.3 Å². The molecule has 2 aromatic carbocycles. The van der Waals surface area contributed by atoms with Crippen molar-refractivity contribution in [1.82, 2.24) is 9.21 Å². The highest BCUT2D eigenvalue weighted by Crippen LogP contribution is 2.21. The second kappa shape index (κ2) is 12.0. The highest BCUT2D eigenvalue weighted by molar-refractivity contribution is 7.89. The van der Waals surface area contributed by atoms with Gasteiger partial charge in [0, 0.05) is 51.9 Å². The Morgan fingerprint density at radius 1 is 0.857 bits per heavy atom. The Morgan fingerprint density at radius 3 is 2.09 bits per heavy atom. The lowest BCUT2D eigenvalue weighted by Crippen LogP contribution is -2.36. The summed E-state index contributed by atoms with van der Waals surface area (Å²) in [5.41, 5.74) is 3.25. The first-order valence-electron chi connectivity index (χ1n) is 12.7. The summed E-state index contributed by atoms with van der Waals surface area (Å²) in [6.07, 6.45) is 5.00. The molecule has 2 aliphatic heterocycles. The van der Waals surface area contributed by atoms with Crippen molar-refractivity contribution in [3.63, 3.8) is 0 Å². The van der Waals surface area contributed by atoms with Gasteiger partial charge in [-0.05, 0) is 54.7 Å². The minimum Gasteiger partial charge on any atom is -0.378 e. The predicted molar refractivity (Wildman–Crippen MR) is 138 cm³/mol. The fraction of sp³-hybridized carbons (Fsp3) is 0.519. The van der Waals surface area contributed by atoms with Crippen LogP contribution in [0.4, 0.5) is 5.69 Å². The molecule has 0 atom stereocenters. The molecule has 7 nitrogen and oxygen atoms in total. The number of aryl methyl sites for hydroxylation is 1. The lowest BCUT2D eigenvalue weighted by atomic mass is 10.1. The van der Waals surface area contributed by atoms with Crippen molar-refractivity contribution >= 4 is 21.6 Å². The highest BCUT2D eigenvalue weighted by Gasteiger charge is 2.25. The fourth-order valence-corrected chi connectivity index (χ4v) is 6.21. The van der Waals surface area contributed by atoms with Gasteiger partial charge in [0.25, 0.3) is 0 Å². The molecular weight excluding hydrogens is 462 g/mol. The molecule has 0 unspecified atom stereocenters. The van der Waals surface area contributed by atoms with Gasteiger partial charge >= 0.3 is 0 Å². The van der Waals surface area contributed by atoms with Crippen molar-refractivity contribution in [3.8, 4) is 0 Å². The third kappa shape index (κ3) is 6.84. The Morgan fingerprint density at radius 2 is 1.46 bits per heavy atom. The van der Waals surface area contributed by atoms with E-state index in [1.165, 1.54) is 5.69 Å². The van der Waals surface area contributed by atoms with Crippen molar-refractivity contribution in [3.05, 3.63) is 59.7 Å². The molecule has 35 heavy (non-hydrogen) atoms. The number of anilines is 1. The van der Waals surface area contributed by atoms with Crippen LogP contribution in [0, 0.1) is 0 Å². The Kier molecular flexibility index (Phi) is 8.81. The molecule has 0 spiro atoms. The second-order valence-electron chi connectivity index (χ2n) is 9.48. The third-order valence-electron chi connectivity index (χ3n) is 6.91. The molecule has 2 aromatic rings. The van der Waals surface area contributed by atoms with E-state index in [0.29, 0.717) is 37.4 Å². The minimum atomic E-state index is -3.44. The van der Waals surface area contributed by atoms with Crippen molar-refractivity contribution in [1.29, 1.82) is 0 Å². The number of ether oxygens (including phenoxy) is 1. The number of carbonyl (C=O) groups is 1. The molecule has 0 N–H and O–H groups in total. The first-order chi connectivity index (χ1) is 16.9. The minimum absolute atomic E-state index is 0.0727. The van der Waals surface area contributed by atoms with Crippen LogP contribution in [0.5, 0.6) is 0 Å². The first kappa shape index (κ1) is 25.7. The summed E-state index contributed by atoms with van der Waals surface area (Å²) in [6.45, 7) is 5.09. The summed E-state index contributed by atoms with van der Waals surface area (Å²) in [6, 6.07) is 15.4. The average Bonchev–Trinajstić information content (AvgIpc) is 3.19. The van der Waals surface area contributed by atoms with Crippen LogP contribution in [-0.4, -0.2) is 70.0 Å². The van der Waals surface area contributed by atoms with Gasteiger partial charge in [-0.3, -0.25) is 4.79 Å². The standard InChI is InChI=1S/C27H37N3O4S/c1-28(22-24-6-11-25(12-7-24)29-18-20-34-21-19-29)27(31)15-10-23-8-13-26(14-9-23)35(32,33)30-16-4-2-3-5-17-30/h6-9,11-14H,2-5,10,15-22H2,1H3. The van der Waals surface area contributed by atoms with Crippen LogP contribution in [0.1, 0.15) is 43.2 Å². The first-order valence-corrected chi connectivity index (χ1v) is 14.1.